The van der Waals surface area contributed by atoms with Crippen LogP contribution in [0.3, 0.4) is 0 Å². The molecular formula is C18H19ClN2O5S. The first-order valence-electron chi connectivity index (χ1n) is 8.02. The molecule has 0 saturated carbocycles. The van der Waals surface area contributed by atoms with Crippen LogP contribution in [0.25, 0.3) is 0 Å². The van der Waals surface area contributed by atoms with Gasteiger partial charge >= 0.3 is 0 Å². The summed E-state index contributed by atoms with van der Waals surface area (Å²) in [5, 5.41) is 0.588. The lowest BCUT2D eigenvalue weighted by Gasteiger charge is -2.10. The molecule has 9 heteroatoms. The lowest BCUT2D eigenvalue weighted by molar-refractivity contribution is -0.129. The average molecular weight is 411 g/mol. The molecule has 0 aliphatic carbocycles. The summed E-state index contributed by atoms with van der Waals surface area (Å²) in [6, 6.07) is 12.8. The Morgan fingerprint density at radius 2 is 1.70 bits per heavy atom. The van der Waals surface area contributed by atoms with Gasteiger partial charge in [-0.1, -0.05) is 29.8 Å². The molecule has 7 nitrogen and oxygen atoms in total. The average Bonchev–Trinajstić information content (AvgIpc) is 2.66. The molecule has 2 rings (SSSR count). The van der Waals surface area contributed by atoms with E-state index in [0.717, 1.165) is 5.56 Å². The number of carbonyl (C=O) groups excluding carboxylic acids is 2. The molecule has 0 aliphatic heterocycles. The smallest absolute Gasteiger partial charge is 0.276 e. The van der Waals surface area contributed by atoms with Crippen molar-refractivity contribution >= 4 is 33.3 Å². The van der Waals surface area contributed by atoms with E-state index in [1.54, 1.807) is 43.3 Å². The Labute approximate surface area is 162 Å². The molecule has 0 fully saturated rings. The number of benzene rings is 2. The predicted molar refractivity (Wildman–Crippen MR) is 101 cm³/mol. The second-order valence-corrected chi connectivity index (χ2v) is 8.19. The Morgan fingerprint density at radius 3 is 2.37 bits per heavy atom. The van der Waals surface area contributed by atoms with E-state index in [4.69, 9.17) is 16.3 Å². The maximum absolute atomic E-state index is 12.1. The highest BCUT2D eigenvalue weighted by Crippen LogP contribution is 2.20. The monoisotopic (exact) mass is 410 g/mol. The van der Waals surface area contributed by atoms with Gasteiger partial charge in [-0.15, -0.1) is 0 Å². The van der Waals surface area contributed by atoms with Gasteiger partial charge in [-0.05, 0) is 42.8 Å². The molecule has 0 aliphatic rings. The molecule has 0 aromatic heterocycles. The summed E-state index contributed by atoms with van der Waals surface area (Å²) in [6.45, 7) is 1.49. The van der Waals surface area contributed by atoms with Crippen molar-refractivity contribution in [2.24, 2.45) is 0 Å². The number of amides is 2. The number of ether oxygens (including phenoxy) is 1. The highest BCUT2D eigenvalue weighted by atomic mass is 35.5. The molecule has 2 aromatic carbocycles. The minimum atomic E-state index is -3.56. The third-order valence-corrected chi connectivity index (χ3v) is 5.70. The van der Waals surface area contributed by atoms with Gasteiger partial charge in [0.15, 0.2) is 16.4 Å². The maximum Gasteiger partial charge on any atom is 0.276 e. The van der Waals surface area contributed by atoms with Gasteiger partial charge in [0.1, 0.15) is 5.75 Å². The number of sulfone groups is 1. The standard InChI is InChI=1S/C18H19ClN2O5S/c1-13-11-14(7-8-16(13)19)26-12-18(23)21-20-17(22)9-10-27(24,25)15-5-3-2-4-6-15/h2-8,11H,9-10,12H2,1H3,(H,20,22)(H,21,23). The summed E-state index contributed by atoms with van der Waals surface area (Å²) in [7, 11) is -3.56. The van der Waals surface area contributed by atoms with Crippen LogP contribution in [0.2, 0.25) is 5.02 Å². The Bertz CT molecular complexity index is 917. The zero-order valence-corrected chi connectivity index (χ0v) is 16.1. The first-order chi connectivity index (χ1) is 12.8. The fourth-order valence-electron chi connectivity index (χ4n) is 2.07. The second-order valence-electron chi connectivity index (χ2n) is 5.68. The molecule has 0 heterocycles. The van der Waals surface area contributed by atoms with E-state index in [1.165, 1.54) is 12.1 Å². The molecule has 0 radical (unpaired) electrons. The summed E-state index contributed by atoms with van der Waals surface area (Å²) in [5.74, 6) is -1.10. The summed E-state index contributed by atoms with van der Waals surface area (Å²) < 4.78 is 29.5. The van der Waals surface area contributed by atoms with Crippen LogP contribution in [0.5, 0.6) is 5.75 Å². The van der Waals surface area contributed by atoms with E-state index in [1.807, 2.05) is 0 Å². The third-order valence-electron chi connectivity index (χ3n) is 3.54. The van der Waals surface area contributed by atoms with E-state index in [9.17, 15) is 18.0 Å². The van der Waals surface area contributed by atoms with Gasteiger partial charge in [-0.25, -0.2) is 8.42 Å². The summed E-state index contributed by atoms with van der Waals surface area (Å²) in [5.41, 5.74) is 5.14. The summed E-state index contributed by atoms with van der Waals surface area (Å²) in [4.78, 5) is 23.6. The molecule has 2 amide bonds. The summed E-state index contributed by atoms with van der Waals surface area (Å²) >= 11 is 5.90. The zero-order valence-electron chi connectivity index (χ0n) is 14.6. The number of halogens is 1. The second kappa shape index (κ2) is 9.38. The Balaban J connectivity index is 1.73. The lowest BCUT2D eigenvalue weighted by Crippen LogP contribution is -2.44. The largest absolute Gasteiger partial charge is 0.484 e. The van der Waals surface area contributed by atoms with Gasteiger partial charge in [0.05, 0.1) is 10.6 Å². The normalized spacial score (nSPS) is 10.9. The van der Waals surface area contributed by atoms with Crippen molar-refractivity contribution in [1.29, 1.82) is 0 Å². The van der Waals surface area contributed by atoms with E-state index in [2.05, 4.69) is 10.9 Å². The van der Waals surface area contributed by atoms with Crippen molar-refractivity contribution in [3.63, 3.8) is 0 Å². The van der Waals surface area contributed by atoms with E-state index in [0.29, 0.717) is 10.8 Å². The number of nitrogens with one attached hydrogen (secondary N) is 2. The van der Waals surface area contributed by atoms with Crippen LogP contribution in [-0.4, -0.2) is 32.6 Å². The van der Waals surface area contributed by atoms with Crippen molar-refractivity contribution < 1.29 is 22.7 Å². The molecule has 144 valence electrons. The molecule has 0 unspecified atom stereocenters. The Hall–Kier alpha value is -2.58. The molecule has 0 bridgehead atoms. The van der Waals surface area contributed by atoms with Crippen LogP contribution in [0.1, 0.15) is 12.0 Å². The van der Waals surface area contributed by atoms with Crippen LogP contribution >= 0.6 is 11.6 Å². The first-order valence-corrected chi connectivity index (χ1v) is 10.1. The van der Waals surface area contributed by atoms with Crippen LogP contribution in [0, 0.1) is 6.92 Å². The molecule has 2 N–H and O–H groups in total. The molecule has 0 saturated heterocycles. The highest BCUT2D eigenvalue weighted by molar-refractivity contribution is 7.91. The number of carbonyl (C=O) groups is 2. The predicted octanol–water partition coefficient (Wildman–Crippen LogP) is 2.04. The fourth-order valence-corrected chi connectivity index (χ4v) is 3.45. The molecule has 27 heavy (non-hydrogen) atoms. The van der Waals surface area contributed by atoms with E-state index >= 15 is 0 Å². The Kier molecular flexibility index (Phi) is 7.20. The van der Waals surface area contributed by atoms with Crippen LogP contribution in [0.4, 0.5) is 0 Å². The van der Waals surface area contributed by atoms with Crippen LogP contribution in [-0.2, 0) is 19.4 Å². The fraction of sp³-hybridized carbons (Fsp3) is 0.222. The van der Waals surface area contributed by atoms with Crippen LogP contribution in [0.15, 0.2) is 53.4 Å². The third kappa shape index (κ3) is 6.58. The first kappa shape index (κ1) is 20.7. The van der Waals surface area contributed by atoms with Gasteiger partial charge < -0.3 is 4.74 Å². The number of rotatable bonds is 7. The highest BCUT2D eigenvalue weighted by Gasteiger charge is 2.16. The maximum atomic E-state index is 12.1. The molecular weight excluding hydrogens is 392 g/mol. The zero-order chi connectivity index (χ0) is 19.9. The molecule has 2 aromatic rings. The van der Waals surface area contributed by atoms with Gasteiger partial charge in [0.25, 0.3) is 5.91 Å². The van der Waals surface area contributed by atoms with Gasteiger partial charge in [0.2, 0.25) is 5.91 Å². The van der Waals surface area contributed by atoms with Gasteiger partial charge in [-0.2, -0.15) is 0 Å². The van der Waals surface area contributed by atoms with E-state index in [-0.39, 0.29) is 23.7 Å². The SMILES string of the molecule is Cc1cc(OCC(=O)NNC(=O)CCS(=O)(=O)c2ccccc2)ccc1Cl. The lowest BCUT2D eigenvalue weighted by atomic mass is 10.2. The van der Waals surface area contributed by atoms with Gasteiger partial charge in [-0.3, -0.25) is 20.4 Å². The topological polar surface area (TPSA) is 102 Å². The minimum Gasteiger partial charge on any atom is -0.484 e. The number of aryl methyl sites for hydroxylation is 1. The summed E-state index contributed by atoms with van der Waals surface area (Å²) in [6.07, 6.45) is -0.283. The number of hydrogen-bond acceptors (Lipinski definition) is 5. The van der Waals surface area contributed by atoms with Gasteiger partial charge in [0, 0.05) is 11.4 Å². The van der Waals surface area contributed by atoms with E-state index < -0.39 is 21.7 Å². The van der Waals surface area contributed by atoms with Crippen molar-refractivity contribution in [3.8, 4) is 5.75 Å². The molecule has 0 atom stereocenters. The molecule has 0 spiro atoms. The van der Waals surface area contributed by atoms with Crippen molar-refractivity contribution in [2.75, 3.05) is 12.4 Å². The Morgan fingerprint density at radius 1 is 1.04 bits per heavy atom. The van der Waals surface area contributed by atoms with Crippen LogP contribution < -0.4 is 15.6 Å². The quantitative estimate of drug-likeness (QED) is 0.680. The van der Waals surface area contributed by atoms with Crippen molar-refractivity contribution in [1.82, 2.24) is 10.9 Å². The van der Waals surface area contributed by atoms with Crippen molar-refractivity contribution in [3.05, 3.63) is 59.1 Å². The minimum absolute atomic E-state index is 0.147. The van der Waals surface area contributed by atoms with Crippen molar-refractivity contribution in [2.45, 2.75) is 18.2 Å². The number of hydrogen-bond donors (Lipinski definition) is 2. The number of hydrazine groups is 1.